The highest BCUT2D eigenvalue weighted by Crippen LogP contribution is 2.26. The van der Waals surface area contributed by atoms with E-state index in [2.05, 4.69) is 5.32 Å². The van der Waals surface area contributed by atoms with Crippen molar-refractivity contribution in [2.45, 2.75) is 25.8 Å². The van der Waals surface area contributed by atoms with Gasteiger partial charge in [0.15, 0.2) is 0 Å². The van der Waals surface area contributed by atoms with Crippen LogP contribution in [0.3, 0.4) is 0 Å². The number of aryl methyl sites for hydroxylation is 1. The van der Waals surface area contributed by atoms with Gasteiger partial charge < -0.3 is 15.2 Å². The monoisotopic (exact) mass is 235 g/mol. The molecule has 0 aromatic heterocycles. The summed E-state index contributed by atoms with van der Waals surface area (Å²) in [4.78, 5) is 11.2. The van der Waals surface area contributed by atoms with E-state index in [-0.39, 0.29) is 5.54 Å². The van der Waals surface area contributed by atoms with E-state index >= 15 is 0 Å². The van der Waals surface area contributed by atoms with Crippen molar-refractivity contribution in [3.05, 3.63) is 29.3 Å². The van der Waals surface area contributed by atoms with Crippen molar-refractivity contribution >= 4 is 11.7 Å². The Hall–Kier alpha value is -1.55. The molecule has 1 aliphatic heterocycles. The standard InChI is InChI=1S/C13H17NO3/c1-9-3-4-11(10(7-9)12(15)16)14-13(2)5-6-17-8-13/h3-4,7,14H,5-6,8H2,1-2H3,(H,15,16). The molecule has 92 valence electrons. The van der Waals surface area contributed by atoms with E-state index in [4.69, 9.17) is 4.74 Å². The molecule has 0 spiro atoms. The van der Waals surface area contributed by atoms with Gasteiger partial charge in [-0.15, -0.1) is 0 Å². The highest BCUT2D eigenvalue weighted by molar-refractivity contribution is 5.94. The molecule has 0 bridgehead atoms. The molecule has 2 N–H and O–H groups in total. The second-order valence-corrected chi connectivity index (χ2v) is 4.84. The van der Waals surface area contributed by atoms with E-state index in [1.807, 2.05) is 26.0 Å². The number of rotatable bonds is 3. The lowest BCUT2D eigenvalue weighted by Crippen LogP contribution is -2.35. The smallest absolute Gasteiger partial charge is 0.337 e. The molecule has 1 fully saturated rings. The van der Waals surface area contributed by atoms with Crippen molar-refractivity contribution in [2.75, 3.05) is 18.5 Å². The van der Waals surface area contributed by atoms with E-state index in [0.29, 0.717) is 17.9 Å². The molecule has 0 saturated carbocycles. The number of hydrogen-bond donors (Lipinski definition) is 2. The Labute approximate surface area is 101 Å². The normalized spacial score (nSPS) is 23.6. The van der Waals surface area contributed by atoms with Crippen molar-refractivity contribution in [1.82, 2.24) is 0 Å². The van der Waals surface area contributed by atoms with E-state index < -0.39 is 5.97 Å². The van der Waals surface area contributed by atoms with Gasteiger partial charge in [0.2, 0.25) is 0 Å². The minimum atomic E-state index is -0.904. The second kappa shape index (κ2) is 4.37. The predicted molar refractivity (Wildman–Crippen MR) is 65.6 cm³/mol. The Balaban J connectivity index is 2.28. The molecular weight excluding hydrogens is 218 g/mol. The van der Waals surface area contributed by atoms with Crippen LogP contribution < -0.4 is 5.32 Å². The van der Waals surface area contributed by atoms with Gasteiger partial charge in [0.05, 0.1) is 17.7 Å². The second-order valence-electron chi connectivity index (χ2n) is 4.84. The first-order valence-corrected chi connectivity index (χ1v) is 5.70. The van der Waals surface area contributed by atoms with Crippen LogP contribution in [0.5, 0.6) is 0 Å². The lowest BCUT2D eigenvalue weighted by atomic mass is 10.00. The Morgan fingerprint density at radius 1 is 1.53 bits per heavy atom. The number of ether oxygens (including phenoxy) is 1. The van der Waals surface area contributed by atoms with Gasteiger partial charge in [0.1, 0.15) is 0 Å². The molecule has 2 rings (SSSR count). The van der Waals surface area contributed by atoms with E-state index in [0.717, 1.165) is 18.6 Å². The summed E-state index contributed by atoms with van der Waals surface area (Å²) >= 11 is 0. The molecule has 1 heterocycles. The molecule has 4 nitrogen and oxygen atoms in total. The summed E-state index contributed by atoms with van der Waals surface area (Å²) in [5.41, 5.74) is 1.76. The summed E-state index contributed by atoms with van der Waals surface area (Å²) in [6.07, 6.45) is 0.889. The van der Waals surface area contributed by atoms with E-state index in [1.54, 1.807) is 6.07 Å². The molecule has 1 aromatic rings. The van der Waals surface area contributed by atoms with Gasteiger partial charge in [-0.2, -0.15) is 0 Å². The zero-order valence-corrected chi connectivity index (χ0v) is 10.1. The largest absolute Gasteiger partial charge is 0.478 e. The fraction of sp³-hybridized carbons (Fsp3) is 0.462. The van der Waals surface area contributed by atoms with Gasteiger partial charge in [-0.3, -0.25) is 0 Å². The number of hydrogen-bond acceptors (Lipinski definition) is 3. The summed E-state index contributed by atoms with van der Waals surface area (Å²) < 4.78 is 5.35. The molecule has 1 aliphatic rings. The van der Waals surface area contributed by atoms with Crippen LogP contribution in [0.4, 0.5) is 5.69 Å². The number of aromatic carboxylic acids is 1. The maximum absolute atomic E-state index is 11.2. The lowest BCUT2D eigenvalue weighted by molar-refractivity contribution is 0.0697. The minimum Gasteiger partial charge on any atom is -0.478 e. The number of benzene rings is 1. The molecule has 17 heavy (non-hydrogen) atoms. The van der Waals surface area contributed by atoms with Crippen molar-refractivity contribution < 1.29 is 14.6 Å². The van der Waals surface area contributed by atoms with Crippen molar-refractivity contribution in [2.24, 2.45) is 0 Å². The quantitative estimate of drug-likeness (QED) is 0.843. The minimum absolute atomic E-state index is 0.167. The Morgan fingerprint density at radius 2 is 2.29 bits per heavy atom. The summed E-state index contributed by atoms with van der Waals surface area (Å²) in [6.45, 7) is 5.26. The van der Waals surface area contributed by atoms with Gasteiger partial charge in [0, 0.05) is 12.3 Å². The summed E-state index contributed by atoms with van der Waals surface area (Å²) in [7, 11) is 0. The van der Waals surface area contributed by atoms with Gasteiger partial charge in [0.25, 0.3) is 0 Å². The number of anilines is 1. The van der Waals surface area contributed by atoms with Crippen LogP contribution in [0, 0.1) is 6.92 Å². The van der Waals surface area contributed by atoms with Gasteiger partial charge in [-0.05, 0) is 32.4 Å². The van der Waals surface area contributed by atoms with Crippen LogP contribution >= 0.6 is 0 Å². The zero-order valence-electron chi connectivity index (χ0n) is 10.1. The number of carboxylic acids is 1. The molecule has 1 aromatic carbocycles. The third-order valence-electron chi connectivity index (χ3n) is 3.06. The number of carboxylic acid groups (broad SMARTS) is 1. The molecule has 0 radical (unpaired) electrons. The third kappa shape index (κ3) is 2.58. The maximum Gasteiger partial charge on any atom is 0.337 e. The molecule has 4 heteroatoms. The third-order valence-corrected chi connectivity index (χ3v) is 3.06. The Morgan fingerprint density at radius 3 is 2.88 bits per heavy atom. The van der Waals surface area contributed by atoms with Gasteiger partial charge in [-0.25, -0.2) is 4.79 Å². The van der Waals surface area contributed by atoms with Crippen LogP contribution in [-0.2, 0) is 4.74 Å². The van der Waals surface area contributed by atoms with Crippen molar-refractivity contribution in [3.63, 3.8) is 0 Å². The van der Waals surface area contributed by atoms with E-state index in [1.165, 1.54) is 0 Å². The van der Waals surface area contributed by atoms with E-state index in [9.17, 15) is 9.90 Å². The highest BCUT2D eigenvalue weighted by atomic mass is 16.5. The molecule has 0 aliphatic carbocycles. The van der Waals surface area contributed by atoms with Gasteiger partial charge >= 0.3 is 5.97 Å². The summed E-state index contributed by atoms with van der Waals surface area (Å²) in [6, 6.07) is 5.42. The number of carbonyl (C=O) groups is 1. The highest BCUT2D eigenvalue weighted by Gasteiger charge is 2.30. The van der Waals surface area contributed by atoms with Crippen LogP contribution in [0.2, 0.25) is 0 Å². The fourth-order valence-corrected chi connectivity index (χ4v) is 2.03. The van der Waals surface area contributed by atoms with Crippen LogP contribution in [0.1, 0.15) is 29.3 Å². The fourth-order valence-electron chi connectivity index (χ4n) is 2.03. The average molecular weight is 235 g/mol. The number of nitrogens with one attached hydrogen (secondary N) is 1. The first kappa shape index (κ1) is 11.9. The van der Waals surface area contributed by atoms with Crippen LogP contribution in [0.25, 0.3) is 0 Å². The van der Waals surface area contributed by atoms with Crippen molar-refractivity contribution in [1.29, 1.82) is 0 Å². The Kier molecular flexibility index (Phi) is 3.07. The average Bonchev–Trinajstić information content (AvgIpc) is 2.67. The lowest BCUT2D eigenvalue weighted by Gasteiger charge is -2.26. The molecule has 0 amide bonds. The zero-order chi connectivity index (χ0) is 12.5. The molecular formula is C13H17NO3. The first-order chi connectivity index (χ1) is 8.00. The summed E-state index contributed by atoms with van der Waals surface area (Å²) in [5, 5.41) is 12.5. The SMILES string of the molecule is Cc1ccc(NC2(C)CCOC2)c(C(=O)O)c1. The summed E-state index contributed by atoms with van der Waals surface area (Å²) in [5.74, 6) is -0.904. The van der Waals surface area contributed by atoms with Gasteiger partial charge in [-0.1, -0.05) is 11.6 Å². The first-order valence-electron chi connectivity index (χ1n) is 5.70. The Bertz CT molecular complexity index is 436. The van der Waals surface area contributed by atoms with Crippen molar-refractivity contribution in [3.8, 4) is 0 Å². The molecule has 1 saturated heterocycles. The topological polar surface area (TPSA) is 58.6 Å². The van der Waals surface area contributed by atoms with Crippen LogP contribution in [-0.4, -0.2) is 29.8 Å². The van der Waals surface area contributed by atoms with Crippen LogP contribution in [0.15, 0.2) is 18.2 Å². The predicted octanol–water partition coefficient (Wildman–Crippen LogP) is 2.28. The molecule has 1 unspecified atom stereocenters. The maximum atomic E-state index is 11.2. The molecule has 1 atom stereocenters.